The molecule has 0 saturated carbocycles. The molecule has 1 fully saturated rings. The second-order valence-corrected chi connectivity index (χ2v) is 7.79. The number of aliphatic hydroxyl groups excluding tert-OH is 1. The summed E-state index contributed by atoms with van der Waals surface area (Å²) in [4.78, 5) is 16.4. The van der Waals surface area contributed by atoms with Crippen LogP contribution in [0.1, 0.15) is 41.6 Å². The molecule has 1 aliphatic heterocycles. The number of pyridine rings is 1. The Balaban J connectivity index is 0.000000287. The van der Waals surface area contributed by atoms with Crippen molar-refractivity contribution in [2.45, 2.75) is 39.2 Å². The Hall–Kier alpha value is -3.05. The van der Waals surface area contributed by atoms with Crippen molar-refractivity contribution < 1.29 is 14.3 Å². The predicted octanol–water partition coefficient (Wildman–Crippen LogP) is 4.88. The standard InChI is InChI=1S/C20H23NO2.C6H6FN/c1-2-15-5-3-4-6-19(15)16-7-8-20(18(11-16)13-22)17-9-10-21(12-17)14-23;1-5-2-3-6(7)4-8-5/h3-8,11,14,17,22H,2,9-10,12-13H2,1H3;2-4H,1H3. The monoisotopic (exact) mass is 420 g/mol. The van der Waals surface area contributed by atoms with Crippen molar-refractivity contribution in [2.75, 3.05) is 13.1 Å². The largest absolute Gasteiger partial charge is 0.392 e. The van der Waals surface area contributed by atoms with E-state index in [4.69, 9.17) is 0 Å². The molecule has 2 heterocycles. The van der Waals surface area contributed by atoms with Gasteiger partial charge in [0.2, 0.25) is 6.41 Å². The van der Waals surface area contributed by atoms with Crippen LogP contribution in [0.3, 0.4) is 0 Å². The highest BCUT2D eigenvalue weighted by Gasteiger charge is 2.24. The zero-order valence-electron chi connectivity index (χ0n) is 18.1. The molecule has 1 aromatic heterocycles. The van der Waals surface area contributed by atoms with Crippen LogP contribution in [0.25, 0.3) is 11.1 Å². The highest BCUT2D eigenvalue weighted by molar-refractivity contribution is 5.68. The summed E-state index contributed by atoms with van der Waals surface area (Å²) in [5, 5.41) is 9.82. The number of nitrogens with zero attached hydrogens (tertiary/aromatic N) is 2. The molecular weight excluding hydrogens is 391 g/mol. The molecule has 1 saturated heterocycles. The van der Waals surface area contributed by atoms with Crippen LogP contribution in [-0.4, -0.2) is 34.5 Å². The smallest absolute Gasteiger partial charge is 0.209 e. The molecule has 4 nitrogen and oxygen atoms in total. The minimum absolute atomic E-state index is 0.0368. The summed E-state index contributed by atoms with van der Waals surface area (Å²) < 4.78 is 12.0. The van der Waals surface area contributed by atoms with E-state index in [0.717, 1.165) is 49.2 Å². The van der Waals surface area contributed by atoms with Crippen LogP contribution in [0.4, 0.5) is 4.39 Å². The van der Waals surface area contributed by atoms with Gasteiger partial charge in [0.1, 0.15) is 5.82 Å². The van der Waals surface area contributed by atoms with Crippen molar-refractivity contribution in [1.29, 1.82) is 0 Å². The molecule has 1 N–H and O–H groups in total. The van der Waals surface area contributed by atoms with Gasteiger partial charge in [-0.1, -0.05) is 43.3 Å². The number of likely N-dealkylation sites (tertiary alicyclic amines) is 1. The van der Waals surface area contributed by atoms with Gasteiger partial charge in [-0.3, -0.25) is 9.78 Å². The van der Waals surface area contributed by atoms with E-state index >= 15 is 0 Å². The van der Waals surface area contributed by atoms with Gasteiger partial charge >= 0.3 is 0 Å². The van der Waals surface area contributed by atoms with Gasteiger partial charge in [0.15, 0.2) is 0 Å². The Morgan fingerprint density at radius 1 is 1.16 bits per heavy atom. The number of carbonyl (C=O) groups excluding carboxylic acids is 1. The number of carbonyl (C=O) groups is 1. The molecule has 1 amide bonds. The number of aromatic nitrogens is 1. The van der Waals surface area contributed by atoms with E-state index in [0.29, 0.717) is 5.92 Å². The van der Waals surface area contributed by atoms with Crippen LogP contribution in [0.15, 0.2) is 60.8 Å². The maximum atomic E-state index is 12.0. The average Bonchev–Trinajstić information content (AvgIpc) is 3.30. The van der Waals surface area contributed by atoms with E-state index < -0.39 is 0 Å². The van der Waals surface area contributed by atoms with Crippen LogP contribution in [0.2, 0.25) is 0 Å². The highest BCUT2D eigenvalue weighted by atomic mass is 19.1. The number of aryl methyl sites for hydroxylation is 2. The summed E-state index contributed by atoms with van der Waals surface area (Å²) >= 11 is 0. The van der Waals surface area contributed by atoms with Gasteiger partial charge in [-0.2, -0.15) is 0 Å². The van der Waals surface area contributed by atoms with E-state index in [1.165, 1.54) is 29.0 Å². The average molecular weight is 421 g/mol. The first-order valence-corrected chi connectivity index (χ1v) is 10.6. The maximum absolute atomic E-state index is 12.0. The van der Waals surface area contributed by atoms with Crippen molar-refractivity contribution in [2.24, 2.45) is 0 Å². The molecule has 31 heavy (non-hydrogen) atoms. The summed E-state index contributed by atoms with van der Waals surface area (Å²) in [5.74, 6) is 0.0495. The number of amides is 1. The topological polar surface area (TPSA) is 53.4 Å². The van der Waals surface area contributed by atoms with Crippen LogP contribution < -0.4 is 0 Å². The number of hydrogen-bond acceptors (Lipinski definition) is 3. The van der Waals surface area contributed by atoms with Gasteiger partial charge in [0, 0.05) is 24.7 Å². The molecule has 3 aromatic rings. The van der Waals surface area contributed by atoms with Crippen molar-refractivity contribution in [3.8, 4) is 11.1 Å². The van der Waals surface area contributed by atoms with Gasteiger partial charge in [-0.15, -0.1) is 0 Å². The predicted molar refractivity (Wildman–Crippen MR) is 121 cm³/mol. The van der Waals surface area contributed by atoms with E-state index in [2.05, 4.69) is 54.4 Å². The summed E-state index contributed by atoms with van der Waals surface area (Å²) in [6.07, 6.45) is 4.08. The van der Waals surface area contributed by atoms with Crippen LogP contribution >= 0.6 is 0 Å². The highest BCUT2D eigenvalue weighted by Crippen LogP contribution is 2.33. The van der Waals surface area contributed by atoms with Crippen molar-refractivity contribution >= 4 is 6.41 Å². The molecule has 0 aliphatic carbocycles. The molecule has 4 rings (SSSR count). The lowest BCUT2D eigenvalue weighted by atomic mass is 9.89. The van der Waals surface area contributed by atoms with Crippen molar-refractivity contribution in [1.82, 2.24) is 9.88 Å². The van der Waals surface area contributed by atoms with Gasteiger partial charge < -0.3 is 10.0 Å². The molecule has 1 atom stereocenters. The minimum atomic E-state index is -0.282. The van der Waals surface area contributed by atoms with Crippen molar-refractivity contribution in [3.63, 3.8) is 0 Å². The molecule has 0 bridgehead atoms. The molecule has 2 aromatic carbocycles. The second kappa shape index (κ2) is 10.8. The molecule has 0 spiro atoms. The molecule has 0 radical (unpaired) electrons. The SMILES string of the molecule is CCc1ccccc1-c1ccc(C2CCN(C=O)C2)c(CO)c1.Cc1ccc(F)cn1. The van der Waals surface area contributed by atoms with E-state index in [1.807, 2.05) is 11.8 Å². The Bertz CT molecular complexity index is 984. The lowest BCUT2D eigenvalue weighted by Crippen LogP contribution is -2.17. The lowest BCUT2D eigenvalue weighted by Gasteiger charge is -2.17. The van der Waals surface area contributed by atoms with Gasteiger partial charge in [-0.25, -0.2) is 4.39 Å². The van der Waals surface area contributed by atoms with Gasteiger partial charge in [0.05, 0.1) is 12.8 Å². The fourth-order valence-corrected chi connectivity index (χ4v) is 4.01. The Morgan fingerprint density at radius 3 is 2.58 bits per heavy atom. The van der Waals surface area contributed by atoms with Gasteiger partial charge in [0.25, 0.3) is 0 Å². The third-order valence-corrected chi connectivity index (χ3v) is 5.71. The number of benzene rings is 2. The molecule has 162 valence electrons. The van der Waals surface area contributed by atoms with Crippen LogP contribution in [0.5, 0.6) is 0 Å². The zero-order valence-corrected chi connectivity index (χ0v) is 18.1. The zero-order chi connectivity index (χ0) is 22.2. The fourth-order valence-electron chi connectivity index (χ4n) is 4.01. The quantitative estimate of drug-likeness (QED) is 0.599. The number of hydrogen-bond donors (Lipinski definition) is 1. The summed E-state index contributed by atoms with van der Waals surface area (Å²) in [6.45, 7) is 5.57. The lowest BCUT2D eigenvalue weighted by molar-refractivity contribution is -0.117. The van der Waals surface area contributed by atoms with Crippen LogP contribution in [0, 0.1) is 12.7 Å². The fraction of sp³-hybridized carbons (Fsp3) is 0.308. The number of rotatable bonds is 5. The molecular formula is C26H29FN2O2. The number of halogens is 1. The number of aliphatic hydroxyl groups is 1. The summed E-state index contributed by atoms with van der Waals surface area (Å²) in [7, 11) is 0. The second-order valence-electron chi connectivity index (χ2n) is 7.79. The van der Waals surface area contributed by atoms with Crippen LogP contribution in [-0.2, 0) is 17.8 Å². The third kappa shape index (κ3) is 5.76. The summed E-state index contributed by atoms with van der Waals surface area (Å²) in [5.41, 5.74) is 6.70. The first kappa shape index (κ1) is 22.6. The Morgan fingerprint density at radius 2 is 1.97 bits per heavy atom. The third-order valence-electron chi connectivity index (χ3n) is 5.71. The molecule has 1 aliphatic rings. The van der Waals surface area contributed by atoms with E-state index in [9.17, 15) is 14.3 Å². The first-order chi connectivity index (χ1) is 15.0. The van der Waals surface area contributed by atoms with E-state index in [-0.39, 0.29) is 12.4 Å². The van der Waals surface area contributed by atoms with Crippen molar-refractivity contribution in [3.05, 3.63) is 89.0 Å². The minimum Gasteiger partial charge on any atom is -0.392 e. The maximum Gasteiger partial charge on any atom is 0.209 e. The first-order valence-electron chi connectivity index (χ1n) is 10.6. The Kier molecular flexibility index (Phi) is 7.90. The normalized spacial score (nSPS) is 15.4. The Labute approximate surface area is 183 Å². The summed E-state index contributed by atoms with van der Waals surface area (Å²) in [6, 6.07) is 17.8. The molecule has 1 unspecified atom stereocenters. The van der Waals surface area contributed by atoms with E-state index in [1.54, 1.807) is 6.07 Å². The molecule has 5 heteroatoms. The van der Waals surface area contributed by atoms with Gasteiger partial charge in [-0.05, 0) is 65.8 Å².